The molecule has 0 spiro atoms. The predicted molar refractivity (Wildman–Crippen MR) is 76.3 cm³/mol. The van der Waals surface area contributed by atoms with Crippen LogP contribution in [0.5, 0.6) is 0 Å². The molecular weight excluding hydrogens is 310 g/mol. The maximum atomic E-state index is 12.4. The van der Waals surface area contributed by atoms with E-state index in [9.17, 15) is 9.36 Å². The summed E-state index contributed by atoms with van der Waals surface area (Å²) in [5, 5.41) is -0.867. The minimum absolute atomic E-state index is 0.147. The molecule has 1 rings (SSSR count). The van der Waals surface area contributed by atoms with Gasteiger partial charge in [0.1, 0.15) is 0 Å². The van der Waals surface area contributed by atoms with Crippen LogP contribution in [0.15, 0.2) is 24.3 Å². The van der Waals surface area contributed by atoms with Crippen molar-refractivity contribution in [2.45, 2.75) is 19.0 Å². The topological polar surface area (TPSA) is 52.6 Å². The number of hydrogen-bond acceptors (Lipinski definition) is 4. The zero-order valence-electron chi connectivity index (χ0n) is 10.6. The van der Waals surface area contributed by atoms with Crippen LogP contribution in [0.3, 0.4) is 0 Å². The molecule has 0 aliphatic heterocycles. The molecule has 1 aromatic rings. The third-order valence-corrected chi connectivity index (χ3v) is 5.43. The summed E-state index contributed by atoms with van der Waals surface area (Å²) in [5.41, 5.74) is 0.309. The number of benzene rings is 1. The van der Waals surface area contributed by atoms with E-state index in [-0.39, 0.29) is 13.2 Å². The number of rotatable bonds is 7. The van der Waals surface area contributed by atoms with Crippen molar-refractivity contribution in [3.8, 4) is 0 Å². The Labute approximate surface area is 122 Å². The van der Waals surface area contributed by atoms with Gasteiger partial charge in [-0.3, -0.25) is 9.36 Å². The summed E-state index contributed by atoms with van der Waals surface area (Å²) in [7, 11) is -3.66. The molecule has 4 nitrogen and oxygen atoms in total. The number of alkyl halides is 1. The molecule has 0 radical (unpaired) electrons. The highest BCUT2D eigenvalue weighted by Crippen LogP contribution is 2.55. The van der Waals surface area contributed by atoms with E-state index in [1.54, 1.807) is 26.0 Å². The van der Waals surface area contributed by atoms with E-state index in [2.05, 4.69) is 0 Å². The molecule has 19 heavy (non-hydrogen) atoms. The molecule has 0 amide bonds. The van der Waals surface area contributed by atoms with Gasteiger partial charge in [-0.1, -0.05) is 11.6 Å². The molecule has 0 unspecified atom stereocenters. The summed E-state index contributed by atoms with van der Waals surface area (Å²) >= 11 is 11.7. The first-order chi connectivity index (χ1) is 8.94. The Morgan fingerprint density at radius 2 is 1.68 bits per heavy atom. The summed E-state index contributed by atoms with van der Waals surface area (Å²) in [4.78, 5) is 12.1. The summed E-state index contributed by atoms with van der Waals surface area (Å²) in [6, 6.07) is 6.15. The van der Waals surface area contributed by atoms with Gasteiger partial charge in [-0.25, -0.2) is 0 Å². The van der Waals surface area contributed by atoms with E-state index in [1.165, 1.54) is 12.1 Å². The van der Waals surface area contributed by atoms with E-state index >= 15 is 0 Å². The van der Waals surface area contributed by atoms with Gasteiger partial charge < -0.3 is 9.05 Å². The van der Waals surface area contributed by atoms with Gasteiger partial charge in [0.05, 0.1) is 13.2 Å². The molecule has 0 saturated heterocycles. The van der Waals surface area contributed by atoms with Gasteiger partial charge in [0.15, 0.2) is 10.9 Å². The average Bonchev–Trinajstić information content (AvgIpc) is 2.38. The summed E-state index contributed by atoms with van der Waals surface area (Å²) in [5.74, 6) is -0.511. The Morgan fingerprint density at radius 1 is 1.21 bits per heavy atom. The summed E-state index contributed by atoms with van der Waals surface area (Å²) in [6.07, 6.45) is 0. The quantitative estimate of drug-likeness (QED) is 0.425. The monoisotopic (exact) mass is 324 g/mol. The van der Waals surface area contributed by atoms with Gasteiger partial charge in [-0.05, 0) is 38.1 Å². The van der Waals surface area contributed by atoms with Crippen molar-refractivity contribution >= 4 is 36.6 Å². The Balaban J connectivity index is 2.96. The van der Waals surface area contributed by atoms with Crippen LogP contribution >= 0.6 is 30.8 Å². The second-order valence-corrected chi connectivity index (χ2v) is 6.87. The molecule has 0 N–H and O–H groups in total. The van der Waals surface area contributed by atoms with Crippen LogP contribution in [0.2, 0.25) is 5.02 Å². The highest BCUT2D eigenvalue weighted by atomic mass is 35.5. The van der Waals surface area contributed by atoms with Crippen LogP contribution in [0.25, 0.3) is 0 Å². The minimum Gasteiger partial charge on any atom is -0.308 e. The van der Waals surface area contributed by atoms with E-state index in [0.717, 1.165) is 0 Å². The first-order valence-electron chi connectivity index (χ1n) is 5.77. The number of carbonyl (C=O) groups is 1. The second-order valence-electron chi connectivity index (χ2n) is 3.58. The van der Waals surface area contributed by atoms with Crippen LogP contribution in [0, 0.1) is 0 Å². The molecule has 0 fully saturated rings. The Hall–Kier alpha value is -0.380. The highest BCUT2D eigenvalue weighted by Gasteiger charge is 2.39. The number of Topliss-reactive ketones (excluding diaryl/α,β-unsaturated/α-hetero) is 1. The lowest BCUT2D eigenvalue weighted by Gasteiger charge is -2.20. The lowest BCUT2D eigenvalue weighted by molar-refractivity contribution is 0.0992. The van der Waals surface area contributed by atoms with Crippen molar-refractivity contribution in [3.63, 3.8) is 0 Å². The van der Waals surface area contributed by atoms with E-state index < -0.39 is 18.5 Å². The van der Waals surface area contributed by atoms with Crippen molar-refractivity contribution in [3.05, 3.63) is 34.9 Å². The summed E-state index contributed by atoms with van der Waals surface area (Å²) in [6.45, 7) is 3.60. The van der Waals surface area contributed by atoms with Crippen molar-refractivity contribution in [1.82, 2.24) is 0 Å². The van der Waals surface area contributed by atoms with Gasteiger partial charge in [0.25, 0.3) is 0 Å². The zero-order valence-corrected chi connectivity index (χ0v) is 13.0. The third-order valence-electron chi connectivity index (χ3n) is 2.24. The Kier molecular flexibility index (Phi) is 6.51. The van der Waals surface area contributed by atoms with Gasteiger partial charge in [-0.15, -0.1) is 11.6 Å². The van der Waals surface area contributed by atoms with Gasteiger partial charge >= 0.3 is 7.60 Å². The fourth-order valence-electron chi connectivity index (χ4n) is 1.42. The van der Waals surface area contributed by atoms with Crippen molar-refractivity contribution in [2.24, 2.45) is 0 Å². The van der Waals surface area contributed by atoms with Crippen LogP contribution < -0.4 is 0 Å². The lowest BCUT2D eigenvalue weighted by atomic mass is 10.1. The van der Waals surface area contributed by atoms with Crippen LogP contribution in [-0.2, 0) is 13.6 Å². The number of hydrogen-bond donors (Lipinski definition) is 0. The molecule has 0 saturated carbocycles. The maximum absolute atomic E-state index is 12.4. The van der Waals surface area contributed by atoms with Gasteiger partial charge in [-0.2, -0.15) is 0 Å². The third kappa shape index (κ3) is 4.30. The van der Waals surface area contributed by atoms with Crippen molar-refractivity contribution < 1.29 is 18.4 Å². The molecule has 1 atom stereocenters. The first kappa shape index (κ1) is 16.7. The van der Waals surface area contributed by atoms with Crippen molar-refractivity contribution in [2.75, 3.05) is 13.2 Å². The first-order valence-corrected chi connectivity index (χ1v) is 8.20. The molecule has 0 aliphatic carbocycles. The SMILES string of the molecule is CCOP(=O)(OCC)[C@@H](Cl)C(=O)c1ccc(Cl)cc1. The lowest BCUT2D eigenvalue weighted by Crippen LogP contribution is -2.18. The molecule has 0 heterocycles. The molecular formula is C12H15Cl2O4P. The summed E-state index contributed by atoms with van der Waals surface area (Å²) < 4.78 is 22.5. The largest absolute Gasteiger partial charge is 0.356 e. The fraction of sp³-hybridized carbons (Fsp3) is 0.417. The number of carbonyl (C=O) groups excluding carboxylic acids is 1. The Bertz CT molecular complexity index is 465. The smallest absolute Gasteiger partial charge is 0.308 e. The van der Waals surface area contributed by atoms with Crippen LogP contribution in [0.1, 0.15) is 24.2 Å². The maximum Gasteiger partial charge on any atom is 0.356 e. The fourth-order valence-corrected chi connectivity index (χ4v) is 3.51. The zero-order chi connectivity index (χ0) is 14.5. The average molecular weight is 325 g/mol. The predicted octanol–water partition coefficient (Wildman–Crippen LogP) is 4.35. The van der Waals surface area contributed by atoms with Gasteiger partial charge in [0.2, 0.25) is 0 Å². The number of ketones is 1. The van der Waals surface area contributed by atoms with Crippen LogP contribution in [-0.4, -0.2) is 24.1 Å². The van der Waals surface area contributed by atoms with E-state index in [0.29, 0.717) is 10.6 Å². The normalized spacial score (nSPS) is 13.3. The van der Waals surface area contributed by atoms with Crippen molar-refractivity contribution in [1.29, 1.82) is 0 Å². The second kappa shape index (κ2) is 7.41. The molecule has 0 aliphatic rings. The number of halogens is 2. The van der Waals surface area contributed by atoms with E-state index in [1.807, 2.05) is 0 Å². The molecule has 0 bridgehead atoms. The molecule has 7 heteroatoms. The molecule has 0 aromatic heterocycles. The molecule has 1 aromatic carbocycles. The van der Waals surface area contributed by atoms with Crippen LogP contribution in [0.4, 0.5) is 0 Å². The Morgan fingerprint density at radius 3 is 2.11 bits per heavy atom. The molecule has 106 valence electrons. The highest BCUT2D eigenvalue weighted by molar-refractivity contribution is 7.58. The minimum atomic E-state index is -3.66. The van der Waals surface area contributed by atoms with Gasteiger partial charge in [0, 0.05) is 10.6 Å². The van der Waals surface area contributed by atoms with E-state index in [4.69, 9.17) is 32.2 Å². The standard InChI is InChI=1S/C12H15Cl2O4P/c1-3-17-19(16,18-4-2)12(14)11(15)9-5-7-10(13)8-6-9/h5-8,12H,3-4H2,1-2H3/t12-/m1/s1.